The number of ether oxygens (including phenoxy) is 1. The van der Waals surface area contributed by atoms with Crippen LogP contribution in [0.25, 0.3) is 0 Å². The lowest BCUT2D eigenvalue weighted by Gasteiger charge is -2.47. The molecular weight excluding hydrogens is 350 g/mol. The van der Waals surface area contributed by atoms with Gasteiger partial charge >= 0.3 is 0 Å². The molecule has 0 aromatic heterocycles. The van der Waals surface area contributed by atoms with E-state index in [0.717, 1.165) is 57.6 Å². The molecule has 2 atom stereocenters. The van der Waals surface area contributed by atoms with E-state index in [1.807, 2.05) is 0 Å². The van der Waals surface area contributed by atoms with E-state index in [2.05, 4.69) is 42.4 Å². The number of methoxy groups -OCH3 is 1. The summed E-state index contributed by atoms with van der Waals surface area (Å²) in [5, 5.41) is 0. The maximum atomic E-state index is 13.2. The zero-order chi connectivity index (χ0) is 20.3. The molecule has 0 N–H and O–H groups in total. The van der Waals surface area contributed by atoms with Gasteiger partial charge in [0.1, 0.15) is 0 Å². The van der Waals surface area contributed by atoms with Gasteiger partial charge in [-0.1, -0.05) is 13.8 Å². The highest BCUT2D eigenvalue weighted by Crippen LogP contribution is 2.34. The Balaban J connectivity index is 1.56. The summed E-state index contributed by atoms with van der Waals surface area (Å²) < 4.78 is 5.58. The first-order valence-corrected chi connectivity index (χ1v) is 11.7. The first kappa shape index (κ1) is 22.0. The predicted octanol–water partition coefficient (Wildman–Crippen LogP) is 3.09. The van der Waals surface area contributed by atoms with Crippen LogP contribution in [0.3, 0.4) is 0 Å². The number of hydrogen-bond donors (Lipinski definition) is 0. The highest BCUT2D eigenvalue weighted by molar-refractivity contribution is 5.79. The van der Waals surface area contributed by atoms with E-state index in [-0.39, 0.29) is 5.92 Å². The summed E-state index contributed by atoms with van der Waals surface area (Å²) in [4.78, 5) is 20.4. The number of nitrogens with zero attached hydrogens (tertiary/aromatic N) is 3. The second-order valence-electron chi connectivity index (χ2n) is 10.0. The van der Waals surface area contributed by atoms with Crippen molar-refractivity contribution in [1.29, 1.82) is 0 Å². The Morgan fingerprint density at radius 2 is 1.68 bits per heavy atom. The summed E-state index contributed by atoms with van der Waals surface area (Å²) in [5.74, 6) is 2.28. The van der Waals surface area contributed by atoms with Crippen LogP contribution in [0.2, 0.25) is 0 Å². The van der Waals surface area contributed by atoms with E-state index in [4.69, 9.17) is 4.74 Å². The molecular formula is C23H43N3O2. The number of likely N-dealkylation sites (tertiary alicyclic amines) is 1. The van der Waals surface area contributed by atoms with Crippen molar-refractivity contribution in [3.05, 3.63) is 0 Å². The summed E-state index contributed by atoms with van der Waals surface area (Å²) in [6.07, 6.45) is 6.35. The molecule has 0 aromatic rings. The van der Waals surface area contributed by atoms with Crippen LogP contribution < -0.4 is 0 Å². The van der Waals surface area contributed by atoms with Gasteiger partial charge in [0.05, 0.1) is 18.6 Å². The Labute approximate surface area is 172 Å². The molecule has 5 heteroatoms. The van der Waals surface area contributed by atoms with E-state index in [1.54, 1.807) is 7.11 Å². The van der Waals surface area contributed by atoms with E-state index in [9.17, 15) is 4.79 Å². The zero-order valence-electron chi connectivity index (χ0n) is 18.9. The second-order valence-corrected chi connectivity index (χ2v) is 10.0. The molecule has 0 bridgehead atoms. The summed E-state index contributed by atoms with van der Waals surface area (Å²) in [6, 6.07) is 1.57. The Kier molecular flexibility index (Phi) is 7.80. The average molecular weight is 394 g/mol. The second kappa shape index (κ2) is 9.90. The molecule has 0 unspecified atom stereocenters. The van der Waals surface area contributed by atoms with E-state index in [1.165, 1.54) is 25.7 Å². The smallest absolute Gasteiger partial charge is 0.227 e. The van der Waals surface area contributed by atoms with Crippen molar-refractivity contribution in [3.63, 3.8) is 0 Å². The highest BCUT2D eigenvalue weighted by Gasteiger charge is 2.39. The first-order valence-electron chi connectivity index (χ1n) is 11.7. The maximum Gasteiger partial charge on any atom is 0.227 e. The van der Waals surface area contributed by atoms with Crippen molar-refractivity contribution < 1.29 is 9.53 Å². The van der Waals surface area contributed by atoms with Gasteiger partial charge in [-0.05, 0) is 64.3 Å². The monoisotopic (exact) mass is 393 g/mol. The van der Waals surface area contributed by atoms with Gasteiger partial charge in [-0.3, -0.25) is 9.69 Å². The topological polar surface area (TPSA) is 36.0 Å². The van der Waals surface area contributed by atoms with Crippen molar-refractivity contribution in [2.45, 2.75) is 77.9 Å². The minimum absolute atomic E-state index is 0.193. The van der Waals surface area contributed by atoms with Crippen molar-refractivity contribution in [1.82, 2.24) is 14.7 Å². The third-order valence-corrected chi connectivity index (χ3v) is 7.65. The Hall–Kier alpha value is -0.650. The van der Waals surface area contributed by atoms with E-state index in [0.29, 0.717) is 24.0 Å². The third kappa shape index (κ3) is 5.09. The molecule has 3 aliphatic rings. The summed E-state index contributed by atoms with van der Waals surface area (Å²) in [6.45, 7) is 14.7. The number of carbonyl (C=O) groups excluding carboxylic acids is 1. The van der Waals surface area contributed by atoms with Crippen LogP contribution in [0, 0.1) is 17.8 Å². The van der Waals surface area contributed by atoms with Crippen molar-refractivity contribution in [3.8, 4) is 0 Å². The molecule has 0 aromatic carbocycles. The number of hydrogen-bond acceptors (Lipinski definition) is 4. The molecule has 3 fully saturated rings. The quantitative estimate of drug-likeness (QED) is 0.695. The fourth-order valence-electron chi connectivity index (χ4n) is 5.71. The lowest BCUT2D eigenvalue weighted by atomic mass is 9.79. The van der Waals surface area contributed by atoms with Crippen LogP contribution in [-0.2, 0) is 9.53 Å². The summed E-state index contributed by atoms with van der Waals surface area (Å²) in [7, 11) is 1.80. The van der Waals surface area contributed by atoms with E-state index < -0.39 is 0 Å². The van der Waals surface area contributed by atoms with Crippen LogP contribution >= 0.6 is 0 Å². The molecule has 28 heavy (non-hydrogen) atoms. The van der Waals surface area contributed by atoms with Crippen molar-refractivity contribution >= 4 is 5.91 Å². The van der Waals surface area contributed by atoms with Crippen LogP contribution in [0.4, 0.5) is 0 Å². The lowest BCUT2D eigenvalue weighted by Crippen LogP contribution is -2.60. The van der Waals surface area contributed by atoms with Gasteiger partial charge < -0.3 is 14.5 Å². The molecule has 2 aliphatic heterocycles. The largest absolute Gasteiger partial charge is 0.383 e. The Morgan fingerprint density at radius 1 is 0.964 bits per heavy atom. The van der Waals surface area contributed by atoms with E-state index >= 15 is 0 Å². The first-order chi connectivity index (χ1) is 13.4. The van der Waals surface area contributed by atoms with Gasteiger partial charge in [0.2, 0.25) is 5.91 Å². The zero-order valence-corrected chi connectivity index (χ0v) is 18.9. The van der Waals surface area contributed by atoms with Gasteiger partial charge in [-0.25, -0.2) is 0 Å². The SMILES string of the molecule is COC[C@H]1CN(C(=O)[C@@H]2CCN(C(C)C)C2)CCN1C1CCC(C(C)C)CC1. The van der Waals surface area contributed by atoms with Gasteiger partial charge in [0.25, 0.3) is 0 Å². The Bertz CT molecular complexity index is 502. The van der Waals surface area contributed by atoms with Gasteiger partial charge in [0, 0.05) is 45.4 Å². The number of piperazine rings is 1. The van der Waals surface area contributed by atoms with Gasteiger partial charge in [-0.15, -0.1) is 0 Å². The van der Waals surface area contributed by atoms with Crippen LogP contribution in [-0.4, -0.2) is 85.2 Å². The minimum atomic E-state index is 0.193. The van der Waals surface area contributed by atoms with Gasteiger partial charge in [-0.2, -0.15) is 0 Å². The van der Waals surface area contributed by atoms with Crippen LogP contribution in [0.1, 0.15) is 59.8 Å². The molecule has 0 spiro atoms. The summed E-state index contributed by atoms with van der Waals surface area (Å²) in [5.41, 5.74) is 0. The highest BCUT2D eigenvalue weighted by atomic mass is 16.5. The molecule has 2 saturated heterocycles. The average Bonchev–Trinajstić information content (AvgIpc) is 3.18. The molecule has 5 nitrogen and oxygen atoms in total. The summed E-state index contributed by atoms with van der Waals surface area (Å²) >= 11 is 0. The molecule has 162 valence electrons. The minimum Gasteiger partial charge on any atom is -0.383 e. The molecule has 0 radical (unpaired) electrons. The molecule has 1 amide bonds. The maximum absolute atomic E-state index is 13.2. The molecule has 1 saturated carbocycles. The van der Waals surface area contributed by atoms with Crippen molar-refractivity contribution in [2.75, 3.05) is 46.4 Å². The molecule has 2 heterocycles. The van der Waals surface area contributed by atoms with Crippen LogP contribution in [0.5, 0.6) is 0 Å². The standard InChI is InChI=1S/C23H43N3O2/c1-17(2)19-6-8-21(9-7-19)26-13-12-25(15-22(26)16-28-5)23(27)20-10-11-24(14-20)18(3)4/h17-22H,6-16H2,1-5H3/t19?,20-,21?,22-/m1/s1. The van der Waals surface area contributed by atoms with Crippen molar-refractivity contribution in [2.24, 2.45) is 17.8 Å². The van der Waals surface area contributed by atoms with Gasteiger partial charge in [0.15, 0.2) is 0 Å². The van der Waals surface area contributed by atoms with Crippen LogP contribution in [0.15, 0.2) is 0 Å². The third-order valence-electron chi connectivity index (χ3n) is 7.65. The normalized spacial score (nSPS) is 33.2. The Morgan fingerprint density at radius 3 is 2.25 bits per heavy atom. The number of rotatable bonds is 6. The number of amides is 1. The lowest BCUT2D eigenvalue weighted by molar-refractivity contribution is -0.140. The fourth-order valence-corrected chi connectivity index (χ4v) is 5.71. The fraction of sp³-hybridized carbons (Fsp3) is 0.957. The predicted molar refractivity (Wildman–Crippen MR) is 114 cm³/mol. The molecule has 3 rings (SSSR count). The number of carbonyl (C=O) groups is 1. The molecule has 1 aliphatic carbocycles.